The van der Waals surface area contributed by atoms with E-state index in [2.05, 4.69) is 18.3 Å². The average molecular weight is 533 g/mol. The lowest BCUT2D eigenvalue weighted by Crippen LogP contribution is -2.50. The second kappa shape index (κ2) is 13.4. The van der Waals surface area contributed by atoms with Crippen LogP contribution in [-0.2, 0) is 4.79 Å². The van der Waals surface area contributed by atoms with Gasteiger partial charge in [0.2, 0.25) is 12.3 Å². The van der Waals surface area contributed by atoms with E-state index in [0.717, 1.165) is 56.9 Å². The fourth-order valence-electron chi connectivity index (χ4n) is 8.79. The highest BCUT2D eigenvalue weighted by Gasteiger charge is 2.58. The number of amides is 1. The molecule has 4 aliphatic rings. The van der Waals surface area contributed by atoms with Gasteiger partial charge in [-0.3, -0.25) is 9.18 Å². The molecule has 6 heteroatoms. The first-order valence-electron chi connectivity index (χ1n) is 14.8. The minimum Gasteiger partial charge on any atom is -0.349 e. The van der Waals surface area contributed by atoms with Crippen LogP contribution in [0.15, 0.2) is 24.3 Å². The molecule has 0 spiro atoms. The Labute approximate surface area is 228 Å². The summed E-state index contributed by atoms with van der Waals surface area (Å²) in [6, 6.07) is 9.51. The predicted molar refractivity (Wildman–Crippen MR) is 146 cm³/mol. The Hall–Kier alpha value is -2.03. The number of hydrogen-bond acceptors (Lipinski definition) is 2. The molecule has 5 rings (SSSR count). The highest BCUT2D eigenvalue weighted by Crippen LogP contribution is 2.64. The molecule has 0 bridgehead atoms. The zero-order valence-electron chi connectivity index (χ0n) is 23.9. The summed E-state index contributed by atoms with van der Waals surface area (Å²) >= 11 is 0. The van der Waals surface area contributed by atoms with Crippen LogP contribution in [0.25, 0.3) is 0 Å². The molecule has 212 valence electrons. The van der Waals surface area contributed by atoms with E-state index < -0.39 is 6.43 Å². The van der Waals surface area contributed by atoms with Crippen LogP contribution in [0.2, 0.25) is 0 Å². The Kier molecular flexibility index (Phi) is 10.7. The van der Waals surface area contributed by atoms with Gasteiger partial charge in [0, 0.05) is 11.8 Å². The first-order chi connectivity index (χ1) is 18.3. The van der Waals surface area contributed by atoms with Crippen molar-refractivity contribution in [1.82, 2.24) is 5.32 Å². The van der Waals surface area contributed by atoms with E-state index in [1.54, 1.807) is 12.1 Å². The maximum atomic E-state index is 13.5. The van der Waals surface area contributed by atoms with E-state index >= 15 is 0 Å². The third-order valence-corrected chi connectivity index (χ3v) is 10.6. The van der Waals surface area contributed by atoms with Crippen LogP contribution in [-0.4, -0.2) is 19.5 Å². The summed E-state index contributed by atoms with van der Waals surface area (Å²) in [5.41, 5.74) is 1.69. The molecule has 38 heavy (non-hydrogen) atoms. The molecule has 0 radical (unpaired) electrons. The SMILES string of the molecule is CC.CC(NC(=O)C1CCC2C3CCC4CC(C(F)F)CCC4C3CCC12C)c1ccc(C#N)cc1.CF. The van der Waals surface area contributed by atoms with Crippen LogP contribution in [0, 0.1) is 58.2 Å². The predicted octanol–water partition coefficient (Wildman–Crippen LogP) is 8.50. The average Bonchev–Trinajstić information content (AvgIpc) is 3.32. The molecule has 4 fully saturated rings. The summed E-state index contributed by atoms with van der Waals surface area (Å²) in [5, 5.41) is 12.3. The van der Waals surface area contributed by atoms with Gasteiger partial charge in [-0.05, 0) is 117 Å². The summed E-state index contributed by atoms with van der Waals surface area (Å²) < 4.78 is 36.2. The number of nitrogens with zero attached hydrogens (tertiary/aromatic N) is 1. The number of nitriles is 1. The van der Waals surface area contributed by atoms with Crippen molar-refractivity contribution < 1.29 is 18.0 Å². The van der Waals surface area contributed by atoms with E-state index in [1.165, 1.54) is 0 Å². The Morgan fingerprint density at radius 1 is 0.974 bits per heavy atom. The fraction of sp³-hybridized carbons (Fsp3) is 0.750. The van der Waals surface area contributed by atoms with Gasteiger partial charge in [-0.25, -0.2) is 8.78 Å². The number of carbonyl (C=O) groups is 1. The van der Waals surface area contributed by atoms with Gasteiger partial charge in [0.25, 0.3) is 0 Å². The molecular formula is C32H47F3N2O. The number of halogens is 3. The molecule has 1 aromatic rings. The quantitative estimate of drug-likeness (QED) is 0.423. The number of nitrogens with one attached hydrogen (secondary N) is 1. The number of carbonyl (C=O) groups excluding carboxylic acids is 1. The van der Waals surface area contributed by atoms with Crippen molar-refractivity contribution in [3.05, 3.63) is 35.4 Å². The van der Waals surface area contributed by atoms with Crippen molar-refractivity contribution in [3.8, 4) is 6.07 Å². The maximum Gasteiger partial charge on any atom is 0.241 e. The summed E-state index contributed by atoms with van der Waals surface area (Å²) in [7, 11) is 0.500. The molecule has 0 heterocycles. The molecule has 0 aromatic heterocycles. The molecule has 9 atom stereocenters. The van der Waals surface area contributed by atoms with Crippen LogP contribution in [0.3, 0.4) is 0 Å². The Balaban J connectivity index is 0.000000956. The van der Waals surface area contributed by atoms with Crippen LogP contribution < -0.4 is 5.32 Å². The molecule has 0 aliphatic heterocycles. The fourth-order valence-corrected chi connectivity index (χ4v) is 8.79. The molecule has 9 unspecified atom stereocenters. The summed E-state index contributed by atoms with van der Waals surface area (Å²) in [5.74, 6) is 2.88. The van der Waals surface area contributed by atoms with Crippen molar-refractivity contribution >= 4 is 5.91 Å². The Morgan fingerprint density at radius 3 is 2.26 bits per heavy atom. The van der Waals surface area contributed by atoms with Crippen molar-refractivity contribution in [3.63, 3.8) is 0 Å². The zero-order valence-corrected chi connectivity index (χ0v) is 23.9. The summed E-state index contributed by atoms with van der Waals surface area (Å²) in [6.45, 7) is 8.37. The monoisotopic (exact) mass is 532 g/mol. The standard InChI is InChI=1S/C29H38F2N2O.C2H6.CH3F/c1-17(19-5-3-18(16-32)4-6-19)33-28(34)26-12-11-25-24-10-7-20-15-21(27(30)31)8-9-22(20)23(24)13-14-29(25,26)2;2*1-2/h3-6,17,20-27H,7-15H2,1-2H3,(H,33,34);1-2H3;1H3. The van der Waals surface area contributed by atoms with Gasteiger partial charge in [0.05, 0.1) is 24.9 Å². The van der Waals surface area contributed by atoms with E-state index in [1.807, 2.05) is 32.9 Å². The van der Waals surface area contributed by atoms with Crippen molar-refractivity contribution in [2.24, 2.45) is 46.8 Å². The summed E-state index contributed by atoms with van der Waals surface area (Å²) in [4.78, 5) is 13.5. The topological polar surface area (TPSA) is 52.9 Å². The second-order valence-electron chi connectivity index (χ2n) is 12.0. The van der Waals surface area contributed by atoms with Gasteiger partial charge in [-0.1, -0.05) is 32.9 Å². The molecule has 4 aliphatic carbocycles. The third-order valence-electron chi connectivity index (χ3n) is 10.6. The molecule has 1 N–H and O–H groups in total. The van der Waals surface area contributed by atoms with Crippen LogP contribution in [0.5, 0.6) is 0 Å². The third kappa shape index (κ3) is 5.92. The van der Waals surface area contributed by atoms with E-state index in [-0.39, 0.29) is 29.2 Å². The van der Waals surface area contributed by atoms with E-state index in [9.17, 15) is 18.0 Å². The Bertz CT molecular complexity index is 945. The molecule has 4 saturated carbocycles. The number of hydrogen-bond donors (Lipinski definition) is 1. The number of alkyl halides is 3. The maximum absolute atomic E-state index is 13.5. The largest absolute Gasteiger partial charge is 0.349 e. The highest BCUT2D eigenvalue weighted by atomic mass is 19.3. The van der Waals surface area contributed by atoms with E-state index in [4.69, 9.17) is 5.26 Å². The minimum absolute atomic E-state index is 0.0443. The van der Waals surface area contributed by atoms with Crippen molar-refractivity contribution in [2.75, 3.05) is 7.18 Å². The lowest BCUT2D eigenvalue weighted by atomic mass is 9.49. The van der Waals surface area contributed by atoms with Crippen LogP contribution in [0.1, 0.15) is 103 Å². The van der Waals surface area contributed by atoms with Crippen LogP contribution >= 0.6 is 0 Å². The smallest absolute Gasteiger partial charge is 0.241 e. The molecular weight excluding hydrogens is 485 g/mol. The number of rotatable bonds is 4. The van der Waals surface area contributed by atoms with Gasteiger partial charge in [0.15, 0.2) is 0 Å². The van der Waals surface area contributed by atoms with Gasteiger partial charge in [0.1, 0.15) is 0 Å². The van der Waals surface area contributed by atoms with Gasteiger partial charge >= 0.3 is 0 Å². The van der Waals surface area contributed by atoms with Crippen molar-refractivity contribution in [1.29, 1.82) is 5.26 Å². The van der Waals surface area contributed by atoms with Crippen molar-refractivity contribution in [2.45, 2.75) is 97.9 Å². The molecule has 1 amide bonds. The molecule has 1 aromatic carbocycles. The minimum atomic E-state index is -2.16. The zero-order chi connectivity index (χ0) is 28.0. The van der Waals surface area contributed by atoms with Gasteiger partial charge in [-0.2, -0.15) is 5.26 Å². The summed E-state index contributed by atoms with van der Waals surface area (Å²) in [6.07, 6.45) is 6.84. The van der Waals surface area contributed by atoms with E-state index in [0.29, 0.717) is 48.8 Å². The molecule has 3 nitrogen and oxygen atoms in total. The Morgan fingerprint density at radius 2 is 1.63 bits per heavy atom. The number of benzene rings is 1. The second-order valence-corrected chi connectivity index (χ2v) is 12.0. The lowest BCUT2D eigenvalue weighted by molar-refractivity contribution is -0.133. The lowest BCUT2D eigenvalue weighted by Gasteiger charge is -2.56. The first kappa shape index (κ1) is 30.5. The normalized spacial score (nSPS) is 36.1. The number of fused-ring (bicyclic) bond motifs is 5. The van der Waals surface area contributed by atoms with Gasteiger partial charge in [-0.15, -0.1) is 0 Å². The molecule has 0 saturated heterocycles. The van der Waals surface area contributed by atoms with Crippen LogP contribution in [0.4, 0.5) is 13.2 Å². The van der Waals surface area contributed by atoms with Gasteiger partial charge < -0.3 is 5.32 Å². The highest BCUT2D eigenvalue weighted by molar-refractivity contribution is 5.80. The first-order valence-corrected chi connectivity index (χ1v) is 14.8.